The maximum absolute atomic E-state index is 12.3. The molecule has 1 aromatic heterocycles. The van der Waals surface area contributed by atoms with Crippen LogP contribution in [0.4, 0.5) is 5.69 Å². The zero-order valence-corrected chi connectivity index (χ0v) is 12.5. The third-order valence-electron chi connectivity index (χ3n) is 3.24. The second kappa shape index (κ2) is 5.13. The minimum absolute atomic E-state index is 0.116. The molecule has 0 unspecified atom stereocenters. The zero-order chi connectivity index (χ0) is 14.1. The van der Waals surface area contributed by atoms with Crippen molar-refractivity contribution in [1.29, 1.82) is 0 Å². The van der Waals surface area contributed by atoms with E-state index in [2.05, 4.69) is 21.2 Å². The Labute approximate surface area is 125 Å². The maximum Gasteiger partial charge on any atom is 0.272 e. The first-order chi connectivity index (χ1) is 9.65. The van der Waals surface area contributed by atoms with Gasteiger partial charge in [-0.3, -0.25) is 4.79 Å². The van der Waals surface area contributed by atoms with E-state index in [9.17, 15) is 4.79 Å². The normalized spacial score (nSPS) is 10.7. The molecule has 3 nitrogen and oxygen atoms in total. The average Bonchev–Trinajstić information content (AvgIpc) is 2.78. The van der Waals surface area contributed by atoms with E-state index in [1.54, 1.807) is 10.6 Å². The first-order valence-corrected chi connectivity index (χ1v) is 7.05. The Kier molecular flexibility index (Phi) is 3.32. The fourth-order valence-corrected chi connectivity index (χ4v) is 2.79. The van der Waals surface area contributed by atoms with E-state index in [1.807, 2.05) is 55.7 Å². The molecule has 0 spiro atoms. The van der Waals surface area contributed by atoms with Gasteiger partial charge < -0.3 is 9.88 Å². The lowest BCUT2D eigenvalue weighted by Crippen LogP contribution is -2.15. The summed E-state index contributed by atoms with van der Waals surface area (Å²) in [6.07, 6.45) is 1.86. The summed E-state index contributed by atoms with van der Waals surface area (Å²) in [6, 6.07) is 15.7. The Morgan fingerprint density at radius 2 is 1.90 bits per heavy atom. The molecule has 100 valence electrons. The number of anilines is 1. The van der Waals surface area contributed by atoms with Crippen LogP contribution in [-0.2, 0) is 7.05 Å². The smallest absolute Gasteiger partial charge is 0.272 e. The lowest BCUT2D eigenvalue weighted by Gasteiger charge is -2.09. The van der Waals surface area contributed by atoms with Crippen LogP contribution in [0.15, 0.2) is 59.2 Å². The third kappa shape index (κ3) is 2.34. The van der Waals surface area contributed by atoms with E-state index >= 15 is 0 Å². The number of hydrogen-bond donors (Lipinski definition) is 1. The lowest BCUT2D eigenvalue weighted by molar-refractivity contribution is 0.101. The minimum atomic E-state index is -0.116. The molecular formula is C16H13BrN2O. The van der Waals surface area contributed by atoms with Crippen molar-refractivity contribution in [3.63, 3.8) is 0 Å². The van der Waals surface area contributed by atoms with Crippen LogP contribution in [0.25, 0.3) is 10.8 Å². The van der Waals surface area contributed by atoms with Gasteiger partial charge in [-0.15, -0.1) is 0 Å². The van der Waals surface area contributed by atoms with Crippen LogP contribution in [0.5, 0.6) is 0 Å². The van der Waals surface area contributed by atoms with Crippen molar-refractivity contribution in [3.05, 3.63) is 64.9 Å². The van der Waals surface area contributed by atoms with Gasteiger partial charge in [0.25, 0.3) is 5.91 Å². The highest BCUT2D eigenvalue weighted by Crippen LogP contribution is 2.24. The predicted molar refractivity (Wildman–Crippen MR) is 85.0 cm³/mol. The van der Waals surface area contributed by atoms with Crippen molar-refractivity contribution >= 4 is 38.3 Å². The molecule has 0 aliphatic carbocycles. The Hall–Kier alpha value is -2.07. The molecule has 20 heavy (non-hydrogen) atoms. The van der Waals surface area contributed by atoms with Crippen LogP contribution in [0, 0.1) is 0 Å². The summed E-state index contributed by atoms with van der Waals surface area (Å²) in [7, 11) is 1.85. The molecule has 0 fully saturated rings. The van der Waals surface area contributed by atoms with Crippen molar-refractivity contribution in [3.8, 4) is 0 Å². The van der Waals surface area contributed by atoms with Gasteiger partial charge in [0.2, 0.25) is 0 Å². The second-order valence-corrected chi connectivity index (χ2v) is 5.55. The fraction of sp³-hybridized carbons (Fsp3) is 0.0625. The van der Waals surface area contributed by atoms with Gasteiger partial charge in [-0.05, 0) is 33.4 Å². The van der Waals surface area contributed by atoms with Gasteiger partial charge in [0.15, 0.2) is 0 Å². The van der Waals surface area contributed by atoms with E-state index in [-0.39, 0.29) is 5.91 Å². The average molecular weight is 329 g/mol. The Morgan fingerprint density at radius 1 is 1.15 bits per heavy atom. The van der Waals surface area contributed by atoms with Gasteiger partial charge in [0.05, 0.1) is 0 Å². The van der Waals surface area contributed by atoms with Gasteiger partial charge >= 0.3 is 0 Å². The molecule has 0 aliphatic rings. The molecule has 3 aromatic rings. The van der Waals surface area contributed by atoms with Crippen LogP contribution in [0.3, 0.4) is 0 Å². The SMILES string of the molecule is Cn1cc(Br)cc1C(=O)Nc1cccc2ccccc12. The number of rotatable bonds is 2. The summed E-state index contributed by atoms with van der Waals surface area (Å²) in [4.78, 5) is 12.3. The number of nitrogens with one attached hydrogen (secondary N) is 1. The van der Waals surface area contributed by atoms with Gasteiger partial charge in [-0.2, -0.15) is 0 Å². The maximum atomic E-state index is 12.3. The van der Waals surface area contributed by atoms with Gasteiger partial charge in [0, 0.05) is 28.8 Å². The van der Waals surface area contributed by atoms with E-state index in [0.717, 1.165) is 20.9 Å². The number of benzene rings is 2. The van der Waals surface area contributed by atoms with E-state index < -0.39 is 0 Å². The Balaban J connectivity index is 1.97. The predicted octanol–water partition coefficient (Wildman–Crippen LogP) is 4.19. The van der Waals surface area contributed by atoms with E-state index in [1.165, 1.54) is 0 Å². The largest absolute Gasteiger partial charge is 0.345 e. The lowest BCUT2D eigenvalue weighted by atomic mass is 10.1. The number of aromatic nitrogens is 1. The summed E-state index contributed by atoms with van der Waals surface area (Å²) in [5.74, 6) is -0.116. The molecule has 0 atom stereocenters. The quantitative estimate of drug-likeness (QED) is 0.751. The molecular weight excluding hydrogens is 316 g/mol. The molecule has 0 saturated heterocycles. The van der Waals surface area contributed by atoms with Crippen molar-refractivity contribution in [2.45, 2.75) is 0 Å². The molecule has 0 radical (unpaired) electrons. The van der Waals surface area contributed by atoms with E-state index in [0.29, 0.717) is 5.69 Å². The van der Waals surface area contributed by atoms with Crippen LogP contribution >= 0.6 is 15.9 Å². The number of fused-ring (bicyclic) bond motifs is 1. The van der Waals surface area contributed by atoms with Crippen molar-refractivity contribution in [2.24, 2.45) is 7.05 Å². The van der Waals surface area contributed by atoms with Crippen molar-refractivity contribution in [2.75, 3.05) is 5.32 Å². The van der Waals surface area contributed by atoms with Crippen LogP contribution < -0.4 is 5.32 Å². The molecule has 1 amide bonds. The fourth-order valence-electron chi connectivity index (χ4n) is 2.27. The van der Waals surface area contributed by atoms with Gasteiger partial charge in [0.1, 0.15) is 5.69 Å². The van der Waals surface area contributed by atoms with Gasteiger partial charge in [-0.1, -0.05) is 36.4 Å². The Morgan fingerprint density at radius 3 is 2.65 bits per heavy atom. The highest BCUT2D eigenvalue weighted by molar-refractivity contribution is 9.10. The number of aryl methyl sites for hydroxylation is 1. The molecule has 1 N–H and O–H groups in total. The summed E-state index contributed by atoms with van der Waals surface area (Å²) in [5, 5.41) is 5.12. The molecule has 3 rings (SSSR count). The monoisotopic (exact) mass is 328 g/mol. The van der Waals surface area contributed by atoms with E-state index in [4.69, 9.17) is 0 Å². The molecule has 2 aromatic carbocycles. The summed E-state index contributed by atoms with van der Waals surface area (Å²) in [5.41, 5.74) is 1.44. The standard InChI is InChI=1S/C16H13BrN2O/c1-19-10-12(17)9-15(19)16(20)18-14-8-4-6-11-5-2-3-7-13(11)14/h2-10H,1H3,(H,18,20). The Bertz CT molecular complexity index is 787. The highest BCUT2D eigenvalue weighted by atomic mass is 79.9. The summed E-state index contributed by atoms with van der Waals surface area (Å²) in [6.45, 7) is 0. The number of amides is 1. The van der Waals surface area contributed by atoms with Crippen LogP contribution in [0.1, 0.15) is 10.5 Å². The second-order valence-electron chi connectivity index (χ2n) is 4.64. The molecule has 0 saturated carbocycles. The van der Waals surface area contributed by atoms with Crippen LogP contribution in [-0.4, -0.2) is 10.5 Å². The first-order valence-electron chi connectivity index (χ1n) is 6.26. The number of nitrogens with zero attached hydrogens (tertiary/aromatic N) is 1. The number of hydrogen-bond acceptors (Lipinski definition) is 1. The molecule has 0 aliphatic heterocycles. The third-order valence-corrected chi connectivity index (χ3v) is 3.68. The van der Waals surface area contributed by atoms with Gasteiger partial charge in [-0.25, -0.2) is 0 Å². The first kappa shape index (κ1) is 12.9. The number of carbonyl (C=O) groups is 1. The van der Waals surface area contributed by atoms with Crippen molar-refractivity contribution in [1.82, 2.24) is 4.57 Å². The highest BCUT2D eigenvalue weighted by Gasteiger charge is 2.12. The minimum Gasteiger partial charge on any atom is -0.345 e. The van der Waals surface area contributed by atoms with Crippen LogP contribution in [0.2, 0.25) is 0 Å². The molecule has 0 bridgehead atoms. The molecule has 1 heterocycles. The summed E-state index contributed by atoms with van der Waals surface area (Å²) >= 11 is 3.38. The number of halogens is 1. The zero-order valence-electron chi connectivity index (χ0n) is 10.9. The topological polar surface area (TPSA) is 34.0 Å². The molecule has 4 heteroatoms. The number of carbonyl (C=O) groups excluding carboxylic acids is 1. The van der Waals surface area contributed by atoms with Crippen molar-refractivity contribution < 1.29 is 4.79 Å². The summed E-state index contributed by atoms with van der Waals surface area (Å²) < 4.78 is 2.69.